The quantitative estimate of drug-likeness (QED) is 0.497. The van der Waals surface area contributed by atoms with E-state index in [2.05, 4.69) is 10.1 Å². The first-order valence-corrected chi connectivity index (χ1v) is 9.40. The van der Waals surface area contributed by atoms with Crippen LogP contribution in [0.25, 0.3) is 22.4 Å². The Hall–Kier alpha value is -4.04. The van der Waals surface area contributed by atoms with E-state index >= 15 is 0 Å². The van der Waals surface area contributed by atoms with Crippen LogP contribution in [0.1, 0.15) is 11.3 Å². The van der Waals surface area contributed by atoms with Crippen LogP contribution in [-0.2, 0) is 13.2 Å². The van der Waals surface area contributed by atoms with Gasteiger partial charge in [-0.2, -0.15) is 5.10 Å². The fourth-order valence-electron chi connectivity index (χ4n) is 3.61. The van der Waals surface area contributed by atoms with Crippen molar-refractivity contribution in [3.8, 4) is 11.3 Å². The Morgan fingerprint density at radius 2 is 1.73 bits per heavy atom. The van der Waals surface area contributed by atoms with Crippen LogP contribution in [-0.4, -0.2) is 28.7 Å². The Morgan fingerprint density at radius 3 is 2.53 bits per heavy atom. The van der Waals surface area contributed by atoms with E-state index in [4.69, 9.17) is 0 Å². The lowest BCUT2D eigenvalue weighted by Gasteiger charge is -2.07. The SMILES string of the molecule is O=c1c2c(CO)c(-c3ccccc3)nn2ccn1Cc1cc(=O)n2ccccc2n1. The molecule has 0 saturated heterocycles. The van der Waals surface area contributed by atoms with Crippen LogP contribution >= 0.6 is 0 Å². The third kappa shape index (κ3) is 2.90. The molecule has 4 aromatic heterocycles. The molecule has 1 N–H and O–H groups in total. The number of aromatic nitrogens is 5. The molecular weight excluding hydrogens is 382 g/mol. The number of hydrogen-bond donors (Lipinski definition) is 1. The molecule has 0 amide bonds. The van der Waals surface area contributed by atoms with Gasteiger partial charge >= 0.3 is 0 Å². The van der Waals surface area contributed by atoms with E-state index in [0.717, 1.165) is 5.56 Å². The van der Waals surface area contributed by atoms with Gasteiger partial charge < -0.3 is 9.67 Å². The summed E-state index contributed by atoms with van der Waals surface area (Å²) in [5, 5.41) is 14.5. The van der Waals surface area contributed by atoms with Crippen molar-refractivity contribution in [1.29, 1.82) is 0 Å². The minimum Gasteiger partial charge on any atom is -0.392 e. The molecule has 5 aromatic rings. The van der Waals surface area contributed by atoms with Crippen LogP contribution < -0.4 is 11.1 Å². The maximum atomic E-state index is 13.2. The molecule has 1 aromatic carbocycles. The van der Waals surface area contributed by atoms with E-state index in [0.29, 0.717) is 28.1 Å². The summed E-state index contributed by atoms with van der Waals surface area (Å²) in [6, 6.07) is 16.1. The number of pyridine rings is 1. The molecule has 5 rings (SSSR count). The van der Waals surface area contributed by atoms with Gasteiger partial charge in [0.05, 0.1) is 24.5 Å². The fraction of sp³-hybridized carbons (Fsp3) is 0.0909. The smallest absolute Gasteiger partial charge is 0.277 e. The highest BCUT2D eigenvalue weighted by molar-refractivity contribution is 5.72. The van der Waals surface area contributed by atoms with Gasteiger partial charge in [0.15, 0.2) is 0 Å². The topological polar surface area (TPSA) is 93.9 Å². The lowest BCUT2D eigenvalue weighted by Crippen LogP contribution is -2.24. The molecule has 8 heteroatoms. The van der Waals surface area contributed by atoms with Gasteiger partial charge in [0.1, 0.15) is 11.2 Å². The number of fused-ring (bicyclic) bond motifs is 2. The Bertz CT molecular complexity index is 1500. The molecule has 0 aliphatic heterocycles. The molecule has 30 heavy (non-hydrogen) atoms. The van der Waals surface area contributed by atoms with E-state index in [-0.39, 0.29) is 24.3 Å². The maximum absolute atomic E-state index is 13.2. The third-order valence-electron chi connectivity index (χ3n) is 5.02. The summed E-state index contributed by atoms with van der Waals surface area (Å²) in [5.41, 5.74) is 2.62. The second-order valence-corrected chi connectivity index (χ2v) is 6.89. The van der Waals surface area contributed by atoms with Crippen LogP contribution in [0.3, 0.4) is 0 Å². The summed E-state index contributed by atoms with van der Waals surface area (Å²) in [6.07, 6.45) is 4.92. The summed E-state index contributed by atoms with van der Waals surface area (Å²) >= 11 is 0. The summed E-state index contributed by atoms with van der Waals surface area (Å²) in [5.74, 6) is 0. The van der Waals surface area contributed by atoms with Crippen molar-refractivity contribution in [3.63, 3.8) is 0 Å². The van der Waals surface area contributed by atoms with Crippen molar-refractivity contribution in [3.05, 3.63) is 105 Å². The first kappa shape index (κ1) is 18.0. The summed E-state index contributed by atoms with van der Waals surface area (Å²) in [7, 11) is 0. The summed E-state index contributed by atoms with van der Waals surface area (Å²) < 4.78 is 4.39. The Balaban J connectivity index is 1.64. The highest BCUT2D eigenvalue weighted by atomic mass is 16.3. The van der Waals surface area contributed by atoms with Gasteiger partial charge in [-0.15, -0.1) is 0 Å². The van der Waals surface area contributed by atoms with Crippen LogP contribution in [0.5, 0.6) is 0 Å². The second kappa shape index (κ2) is 7.09. The van der Waals surface area contributed by atoms with E-state index < -0.39 is 0 Å². The van der Waals surface area contributed by atoms with Gasteiger partial charge in [-0.05, 0) is 12.1 Å². The second-order valence-electron chi connectivity index (χ2n) is 6.89. The van der Waals surface area contributed by atoms with Crippen LogP contribution in [0.15, 0.2) is 82.8 Å². The zero-order valence-electron chi connectivity index (χ0n) is 15.8. The highest BCUT2D eigenvalue weighted by Crippen LogP contribution is 2.24. The van der Waals surface area contributed by atoms with E-state index in [1.54, 1.807) is 36.8 Å². The van der Waals surface area contributed by atoms with Crippen LogP contribution in [0.4, 0.5) is 0 Å². The van der Waals surface area contributed by atoms with E-state index in [1.807, 2.05) is 30.3 Å². The van der Waals surface area contributed by atoms with Crippen LogP contribution in [0.2, 0.25) is 0 Å². The Morgan fingerprint density at radius 1 is 0.933 bits per heavy atom. The highest BCUT2D eigenvalue weighted by Gasteiger charge is 2.18. The molecule has 0 aliphatic rings. The van der Waals surface area contributed by atoms with E-state index in [9.17, 15) is 14.7 Å². The molecule has 0 aliphatic carbocycles. The zero-order valence-corrected chi connectivity index (χ0v) is 15.8. The number of aliphatic hydroxyl groups excluding tert-OH is 1. The lowest BCUT2D eigenvalue weighted by atomic mass is 10.1. The lowest BCUT2D eigenvalue weighted by molar-refractivity contribution is 0.283. The predicted octanol–water partition coefficient (Wildman–Crippen LogP) is 1.71. The van der Waals surface area contributed by atoms with Crippen molar-refractivity contribution >= 4 is 11.2 Å². The number of aliphatic hydroxyl groups is 1. The number of hydrogen-bond acceptors (Lipinski definition) is 5. The first-order chi connectivity index (χ1) is 14.7. The number of nitrogens with zero attached hydrogens (tertiary/aromatic N) is 5. The first-order valence-electron chi connectivity index (χ1n) is 9.40. The molecule has 148 valence electrons. The molecule has 0 spiro atoms. The molecule has 0 atom stereocenters. The summed E-state index contributed by atoms with van der Waals surface area (Å²) in [4.78, 5) is 30.0. The minimum atomic E-state index is -0.317. The van der Waals surface area contributed by atoms with Crippen molar-refractivity contribution in [2.45, 2.75) is 13.2 Å². The average molecular weight is 399 g/mol. The molecule has 0 radical (unpaired) electrons. The average Bonchev–Trinajstić information content (AvgIpc) is 3.16. The normalized spacial score (nSPS) is 11.4. The maximum Gasteiger partial charge on any atom is 0.277 e. The largest absolute Gasteiger partial charge is 0.392 e. The Kier molecular flexibility index (Phi) is 4.26. The van der Waals surface area contributed by atoms with Gasteiger partial charge in [-0.3, -0.25) is 14.0 Å². The van der Waals surface area contributed by atoms with Gasteiger partial charge in [-0.25, -0.2) is 9.50 Å². The van der Waals surface area contributed by atoms with Gasteiger partial charge in [-0.1, -0.05) is 36.4 Å². The van der Waals surface area contributed by atoms with Crippen molar-refractivity contribution in [2.75, 3.05) is 0 Å². The molecule has 0 bridgehead atoms. The molecule has 0 unspecified atom stereocenters. The predicted molar refractivity (Wildman–Crippen MR) is 111 cm³/mol. The monoisotopic (exact) mass is 399 g/mol. The van der Waals surface area contributed by atoms with E-state index in [1.165, 1.54) is 19.5 Å². The van der Waals surface area contributed by atoms with Gasteiger partial charge in [0.2, 0.25) is 0 Å². The summed E-state index contributed by atoms with van der Waals surface area (Å²) in [6.45, 7) is -0.185. The van der Waals surface area contributed by atoms with Crippen molar-refractivity contribution < 1.29 is 5.11 Å². The Labute approximate surface area is 169 Å². The molecule has 0 saturated carbocycles. The molecule has 4 heterocycles. The number of benzene rings is 1. The fourth-order valence-corrected chi connectivity index (χ4v) is 3.61. The van der Waals surface area contributed by atoms with Crippen LogP contribution in [0, 0.1) is 0 Å². The molecular formula is C22H17N5O3. The van der Waals surface area contributed by atoms with Gasteiger partial charge in [0, 0.05) is 35.8 Å². The van der Waals surface area contributed by atoms with Gasteiger partial charge in [0.25, 0.3) is 11.1 Å². The zero-order chi connectivity index (χ0) is 20.7. The third-order valence-corrected chi connectivity index (χ3v) is 5.02. The molecule has 0 fully saturated rings. The number of rotatable bonds is 4. The standard InChI is InChI=1S/C22H17N5O3/c28-14-17-20(15-6-2-1-3-7-15)24-27-11-10-25(22(30)21(17)27)13-16-12-19(29)26-9-5-4-8-18(26)23-16/h1-12,28H,13-14H2. The van der Waals surface area contributed by atoms with Crippen molar-refractivity contribution in [2.24, 2.45) is 0 Å². The van der Waals surface area contributed by atoms with Crippen molar-refractivity contribution in [1.82, 2.24) is 23.6 Å². The minimum absolute atomic E-state index is 0.132. The molecule has 8 nitrogen and oxygen atoms in total.